The molecule has 1 aliphatic rings. The zero-order valence-electron chi connectivity index (χ0n) is 9.10. The summed E-state index contributed by atoms with van der Waals surface area (Å²) >= 11 is 0. The molecule has 1 atom stereocenters. The maximum Gasteiger partial charge on any atom is 0.210 e. The van der Waals surface area contributed by atoms with Gasteiger partial charge in [0.1, 0.15) is 23.3 Å². The van der Waals surface area contributed by atoms with Crippen LogP contribution in [0.15, 0.2) is 24.3 Å². The number of aromatic hydroxyl groups is 1. The van der Waals surface area contributed by atoms with Gasteiger partial charge in [-0.15, -0.1) is 0 Å². The minimum Gasteiger partial charge on any atom is -0.507 e. The van der Waals surface area contributed by atoms with Crippen molar-refractivity contribution in [3.63, 3.8) is 0 Å². The monoisotopic (exact) mass is 227 g/mol. The van der Waals surface area contributed by atoms with Gasteiger partial charge in [0, 0.05) is 10.9 Å². The van der Waals surface area contributed by atoms with E-state index < -0.39 is 6.10 Å². The van der Waals surface area contributed by atoms with Crippen molar-refractivity contribution < 1.29 is 14.6 Å². The first kappa shape index (κ1) is 9.79. The van der Waals surface area contributed by atoms with E-state index in [2.05, 4.69) is 6.07 Å². The first-order chi connectivity index (χ1) is 8.26. The fourth-order valence-electron chi connectivity index (χ4n) is 2.21. The average molecular weight is 227 g/mol. The van der Waals surface area contributed by atoms with Crippen LogP contribution in [0.5, 0.6) is 17.2 Å². The molecule has 0 amide bonds. The van der Waals surface area contributed by atoms with Crippen LogP contribution in [-0.4, -0.2) is 12.2 Å². The molecule has 1 unspecified atom stereocenters. The third-order valence-corrected chi connectivity index (χ3v) is 2.96. The molecule has 0 radical (unpaired) electrons. The van der Waals surface area contributed by atoms with Crippen LogP contribution in [0.25, 0.3) is 10.8 Å². The van der Waals surface area contributed by atoms with Gasteiger partial charge >= 0.3 is 0 Å². The molecule has 0 fully saturated rings. The van der Waals surface area contributed by atoms with E-state index in [1.165, 1.54) is 0 Å². The van der Waals surface area contributed by atoms with E-state index in [1.807, 2.05) is 0 Å². The van der Waals surface area contributed by atoms with Crippen molar-refractivity contribution in [1.29, 1.82) is 5.26 Å². The summed E-state index contributed by atoms with van der Waals surface area (Å²) in [4.78, 5) is 0. The molecule has 84 valence electrons. The van der Waals surface area contributed by atoms with Gasteiger partial charge in [0.25, 0.3) is 0 Å². The zero-order valence-corrected chi connectivity index (χ0v) is 9.10. The highest BCUT2D eigenvalue weighted by Gasteiger charge is 2.28. The standard InChI is InChI=1S/C13H9NO3/c1-16-9-4-2-7-11(6-14)17-10-5-3-8(15)13(9)12(7)10/h2-5,11,15H,1H3. The predicted molar refractivity (Wildman–Crippen MR) is 61.1 cm³/mol. The number of hydrogen-bond acceptors (Lipinski definition) is 4. The predicted octanol–water partition coefficient (Wildman–Crippen LogP) is 2.51. The van der Waals surface area contributed by atoms with E-state index in [4.69, 9.17) is 14.7 Å². The van der Waals surface area contributed by atoms with Gasteiger partial charge in [-0.05, 0) is 24.3 Å². The number of rotatable bonds is 1. The molecule has 3 rings (SSSR count). The Morgan fingerprint density at radius 3 is 2.82 bits per heavy atom. The molecule has 1 aliphatic heterocycles. The second kappa shape index (κ2) is 3.29. The molecular weight excluding hydrogens is 218 g/mol. The molecule has 0 saturated heterocycles. The van der Waals surface area contributed by atoms with E-state index >= 15 is 0 Å². The summed E-state index contributed by atoms with van der Waals surface area (Å²) in [5.74, 6) is 1.31. The average Bonchev–Trinajstić information content (AvgIpc) is 2.73. The fraction of sp³-hybridized carbons (Fsp3) is 0.154. The van der Waals surface area contributed by atoms with Crippen molar-refractivity contribution in [3.8, 4) is 23.3 Å². The van der Waals surface area contributed by atoms with Gasteiger partial charge in [0.05, 0.1) is 12.5 Å². The molecule has 2 aromatic carbocycles. The van der Waals surface area contributed by atoms with Crippen LogP contribution in [0.3, 0.4) is 0 Å². The van der Waals surface area contributed by atoms with Crippen LogP contribution in [0.2, 0.25) is 0 Å². The summed E-state index contributed by atoms with van der Waals surface area (Å²) in [5.41, 5.74) is 0.772. The number of nitriles is 1. The maximum absolute atomic E-state index is 9.90. The van der Waals surface area contributed by atoms with E-state index in [-0.39, 0.29) is 5.75 Å². The molecule has 2 aromatic rings. The first-order valence-electron chi connectivity index (χ1n) is 5.15. The number of methoxy groups -OCH3 is 1. The van der Waals surface area contributed by atoms with Crippen LogP contribution in [0.1, 0.15) is 11.7 Å². The van der Waals surface area contributed by atoms with Crippen molar-refractivity contribution in [2.45, 2.75) is 6.10 Å². The zero-order chi connectivity index (χ0) is 12.0. The number of hydrogen-bond donors (Lipinski definition) is 1. The van der Waals surface area contributed by atoms with Gasteiger partial charge in [0.2, 0.25) is 6.10 Å². The highest BCUT2D eigenvalue weighted by atomic mass is 16.5. The van der Waals surface area contributed by atoms with Crippen molar-refractivity contribution in [2.75, 3.05) is 7.11 Å². The Kier molecular flexibility index (Phi) is 1.89. The molecule has 1 heterocycles. The molecule has 0 bridgehead atoms. The third-order valence-electron chi connectivity index (χ3n) is 2.96. The van der Waals surface area contributed by atoms with Crippen molar-refractivity contribution in [1.82, 2.24) is 0 Å². The number of nitrogens with zero attached hydrogens (tertiary/aromatic N) is 1. The van der Waals surface area contributed by atoms with Crippen LogP contribution in [-0.2, 0) is 0 Å². The fourth-order valence-corrected chi connectivity index (χ4v) is 2.21. The third kappa shape index (κ3) is 1.16. The number of benzene rings is 2. The molecular formula is C13H9NO3. The summed E-state index contributed by atoms with van der Waals surface area (Å²) in [6.07, 6.45) is -0.611. The largest absolute Gasteiger partial charge is 0.507 e. The van der Waals surface area contributed by atoms with Gasteiger partial charge in [-0.25, -0.2) is 0 Å². The summed E-state index contributed by atoms with van der Waals surface area (Å²) in [6, 6.07) is 8.83. The van der Waals surface area contributed by atoms with Crippen LogP contribution in [0.4, 0.5) is 0 Å². The van der Waals surface area contributed by atoms with Crippen molar-refractivity contribution in [3.05, 3.63) is 29.8 Å². The lowest BCUT2D eigenvalue weighted by Crippen LogP contribution is -1.97. The van der Waals surface area contributed by atoms with Gasteiger partial charge < -0.3 is 14.6 Å². The summed E-state index contributed by atoms with van der Waals surface area (Å²) in [6.45, 7) is 0. The summed E-state index contributed by atoms with van der Waals surface area (Å²) < 4.78 is 10.7. The highest BCUT2D eigenvalue weighted by Crippen LogP contribution is 2.47. The molecule has 4 heteroatoms. The Hall–Kier alpha value is -2.41. The highest BCUT2D eigenvalue weighted by molar-refractivity contribution is 6.01. The molecule has 0 aromatic heterocycles. The molecule has 0 aliphatic carbocycles. The van der Waals surface area contributed by atoms with Crippen LogP contribution < -0.4 is 9.47 Å². The molecule has 0 spiro atoms. The Labute approximate surface area is 97.6 Å². The van der Waals surface area contributed by atoms with Gasteiger partial charge in [0.15, 0.2) is 0 Å². The minimum absolute atomic E-state index is 0.129. The lowest BCUT2D eigenvalue weighted by Gasteiger charge is -2.07. The Balaban J connectivity index is 2.46. The Bertz CT molecular complexity index is 658. The van der Waals surface area contributed by atoms with Crippen molar-refractivity contribution >= 4 is 10.8 Å². The lowest BCUT2D eigenvalue weighted by molar-refractivity contribution is 0.282. The van der Waals surface area contributed by atoms with E-state index in [9.17, 15) is 5.11 Å². The Morgan fingerprint density at radius 2 is 2.12 bits per heavy atom. The normalized spacial score (nSPS) is 16.6. The van der Waals surface area contributed by atoms with Gasteiger partial charge in [-0.2, -0.15) is 5.26 Å². The molecule has 4 nitrogen and oxygen atoms in total. The van der Waals surface area contributed by atoms with E-state index in [0.29, 0.717) is 16.9 Å². The van der Waals surface area contributed by atoms with Gasteiger partial charge in [-0.3, -0.25) is 0 Å². The molecule has 1 N–H and O–H groups in total. The van der Waals surface area contributed by atoms with E-state index in [1.54, 1.807) is 31.4 Å². The SMILES string of the molecule is COc1ccc2c3c(ccc(O)c13)OC2C#N. The number of ether oxygens (including phenoxy) is 2. The van der Waals surface area contributed by atoms with Crippen LogP contribution in [0, 0.1) is 11.3 Å². The number of phenols is 1. The smallest absolute Gasteiger partial charge is 0.210 e. The maximum atomic E-state index is 9.90. The second-order valence-electron chi connectivity index (χ2n) is 3.82. The lowest BCUT2D eigenvalue weighted by atomic mass is 10.0. The van der Waals surface area contributed by atoms with Gasteiger partial charge in [-0.1, -0.05) is 0 Å². The first-order valence-corrected chi connectivity index (χ1v) is 5.15. The minimum atomic E-state index is -0.611. The van der Waals surface area contributed by atoms with Crippen molar-refractivity contribution in [2.24, 2.45) is 0 Å². The van der Waals surface area contributed by atoms with E-state index in [0.717, 1.165) is 10.9 Å². The molecule has 17 heavy (non-hydrogen) atoms. The summed E-state index contributed by atoms with van der Waals surface area (Å²) in [7, 11) is 1.54. The second-order valence-corrected chi connectivity index (χ2v) is 3.82. The molecule has 0 saturated carbocycles. The number of phenolic OH excluding ortho intramolecular Hbond substituents is 1. The Morgan fingerprint density at radius 1 is 1.29 bits per heavy atom. The quantitative estimate of drug-likeness (QED) is 0.813. The topological polar surface area (TPSA) is 62.5 Å². The summed E-state index contributed by atoms with van der Waals surface area (Å²) in [5, 5.41) is 20.3. The van der Waals surface area contributed by atoms with Crippen LogP contribution >= 0.6 is 0 Å².